The first-order valence-corrected chi connectivity index (χ1v) is 9.36. The van der Waals surface area contributed by atoms with Gasteiger partial charge in [0.15, 0.2) is 0 Å². The van der Waals surface area contributed by atoms with Crippen LogP contribution in [0.2, 0.25) is 0 Å². The first-order chi connectivity index (χ1) is 12.5. The minimum absolute atomic E-state index is 0.222. The number of amides is 2. The van der Waals surface area contributed by atoms with E-state index < -0.39 is 12.1 Å². The molecule has 1 atom stereocenters. The van der Waals surface area contributed by atoms with Crippen LogP contribution in [-0.2, 0) is 16.1 Å². The predicted octanol–water partition coefficient (Wildman–Crippen LogP) is 3.39. The monoisotopic (exact) mass is 362 g/mol. The SMILES string of the molecule is COC(=O)NC(CC(C)C)C(=O)NCc1ccccc1OC1CCCC1. The molecular formula is C20H30N2O4. The Morgan fingerprint density at radius 2 is 1.88 bits per heavy atom. The number of benzene rings is 1. The van der Waals surface area contributed by atoms with Gasteiger partial charge < -0.3 is 20.1 Å². The quantitative estimate of drug-likeness (QED) is 0.743. The van der Waals surface area contributed by atoms with Crippen molar-refractivity contribution in [2.45, 2.75) is 64.6 Å². The van der Waals surface area contributed by atoms with E-state index in [-0.39, 0.29) is 17.9 Å². The summed E-state index contributed by atoms with van der Waals surface area (Å²) >= 11 is 0. The largest absolute Gasteiger partial charge is 0.490 e. The highest BCUT2D eigenvalue weighted by molar-refractivity contribution is 5.85. The first kappa shape index (κ1) is 20.1. The number of hydrogen-bond acceptors (Lipinski definition) is 4. The van der Waals surface area contributed by atoms with Gasteiger partial charge in [0.1, 0.15) is 11.8 Å². The molecule has 2 amide bonds. The molecule has 1 aromatic carbocycles. The third kappa shape index (κ3) is 6.24. The second kappa shape index (κ2) is 10.0. The van der Waals surface area contributed by atoms with Crippen LogP contribution in [-0.4, -0.2) is 31.3 Å². The highest BCUT2D eigenvalue weighted by atomic mass is 16.5. The summed E-state index contributed by atoms with van der Waals surface area (Å²) in [6.07, 6.45) is 4.79. The summed E-state index contributed by atoms with van der Waals surface area (Å²) in [5, 5.41) is 5.51. The first-order valence-electron chi connectivity index (χ1n) is 9.36. The van der Waals surface area contributed by atoms with Crippen molar-refractivity contribution < 1.29 is 19.1 Å². The summed E-state index contributed by atoms with van der Waals surface area (Å²) in [4.78, 5) is 24.0. The van der Waals surface area contributed by atoms with Gasteiger partial charge in [-0.3, -0.25) is 4.79 Å². The van der Waals surface area contributed by atoms with Crippen LogP contribution in [0.4, 0.5) is 4.79 Å². The van der Waals surface area contributed by atoms with E-state index in [1.165, 1.54) is 20.0 Å². The third-order valence-corrected chi connectivity index (χ3v) is 4.52. The van der Waals surface area contributed by atoms with Crippen LogP contribution in [0.5, 0.6) is 5.75 Å². The second-order valence-corrected chi connectivity index (χ2v) is 7.17. The van der Waals surface area contributed by atoms with Crippen LogP contribution in [0, 0.1) is 5.92 Å². The van der Waals surface area contributed by atoms with Crippen molar-refractivity contribution in [1.82, 2.24) is 10.6 Å². The van der Waals surface area contributed by atoms with E-state index in [2.05, 4.69) is 15.4 Å². The van der Waals surface area contributed by atoms with E-state index >= 15 is 0 Å². The van der Waals surface area contributed by atoms with Crippen LogP contribution >= 0.6 is 0 Å². The van der Waals surface area contributed by atoms with Crippen LogP contribution in [0.1, 0.15) is 51.5 Å². The Labute approximate surface area is 155 Å². The number of carbonyl (C=O) groups is 2. The zero-order valence-corrected chi connectivity index (χ0v) is 15.9. The molecule has 2 N–H and O–H groups in total. The van der Waals surface area contributed by atoms with Crippen molar-refractivity contribution in [2.24, 2.45) is 5.92 Å². The molecule has 0 radical (unpaired) electrons. The molecule has 2 rings (SSSR count). The molecule has 1 unspecified atom stereocenters. The van der Waals surface area contributed by atoms with Crippen molar-refractivity contribution in [1.29, 1.82) is 0 Å². The van der Waals surface area contributed by atoms with E-state index in [0.29, 0.717) is 13.0 Å². The van der Waals surface area contributed by atoms with Gasteiger partial charge in [0.2, 0.25) is 5.91 Å². The van der Waals surface area contributed by atoms with Gasteiger partial charge in [0, 0.05) is 12.1 Å². The average molecular weight is 362 g/mol. The molecule has 6 heteroatoms. The van der Waals surface area contributed by atoms with Crippen molar-refractivity contribution in [3.63, 3.8) is 0 Å². The number of nitrogens with one attached hydrogen (secondary N) is 2. The molecule has 0 heterocycles. The molecule has 0 aliphatic heterocycles. The number of ether oxygens (including phenoxy) is 2. The molecule has 1 aromatic rings. The average Bonchev–Trinajstić information content (AvgIpc) is 3.12. The van der Waals surface area contributed by atoms with E-state index in [9.17, 15) is 9.59 Å². The molecular weight excluding hydrogens is 332 g/mol. The second-order valence-electron chi connectivity index (χ2n) is 7.17. The van der Waals surface area contributed by atoms with Gasteiger partial charge in [-0.1, -0.05) is 32.0 Å². The standard InChI is InChI=1S/C20H30N2O4/c1-14(2)12-17(22-20(24)25-3)19(23)21-13-15-8-4-7-11-18(15)26-16-9-5-6-10-16/h4,7-8,11,14,16-17H,5-6,9-10,12-13H2,1-3H3,(H,21,23)(H,22,24). The molecule has 26 heavy (non-hydrogen) atoms. The molecule has 1 aliphatic carbocycles. The van der Waals surface area contributed by atoms with E-state index in [1.54, 1.807) is 0 Å². The highest BCUT2D eigenvalue weighted by Crippen LogP contribution is 2.26. The van der Waals surface area contributed by atoms with Gasteiger partial charge in [-0.05, 0) is 44.1 Å². The van der Waals surface area contributed by atoms with Gasteiger partial charge in [-0.15, -0.1) is 0 Å². The van der Waals surface area contributed by atoms with Crippen molar-refractivity contribution in [3.05, 3.63) is 29.8 Å². The molecule has 0 aromatic heterocycles. The van der Waals surface area contributed by atoms with Crippen LogP contribution in [0.3, 0.4) is 0 Å². The lowest BCUT2D eigenvalue weighted by Gasteiger charge is -2.20. The summed E-state index contributed by atoms with van der Waals surface area (Å²) in [6, 6.07) is 7.15. The fourth-order valence-corrected chi connectivity index (χ4v) is 3.16. The summed E-state index contributed by atoms with van der Waals surface area (Å²) in [6.45, 7) is 4.37. The maximum absolute atomic E-state index is 12.5. The van der Waals surface area contributed by atoms with E-state index in [1.807, 2.05) is 38.1 Å². The normalized spacial score (nSPS) is 15.5. The van der Waals surface area contributed by atoms with Crippen LogP contribution in [0.15, 0.2) is 24.3 Å². The molecule has 0 spiro atoms. The van der Waals surface area contributed by atoms with Crippen LogP contribution in [0.25, 0.3) is 0 Å². The molecule has 1 fully saturated rings. The van der Waals surface area contributed by atoms with Gasteiger partial charge in [-0.2, -0.15) is 0 Å². The number of rotatable bonds is 8. The third-order valence-electron chi connectivity index (χ3n) is 4.52. The minimum Gasteiger partial charge on any atom is -0.490 e. The Hall–Kier alpha value is -2.24. The topological polar surface area (TPSA) is 76.7 Å². The van der Waals surface area contributed by atoms with Crippen LogP contribution < -0.4 is 15.4 Å². The lowest BCUT2D eigenvalue weighted by molar-refractivity contribution is -0.123. The summed E-state index contributed by atoms with van der Waals surface area (Å²) in [5.74, 6) is 0.863. The van der Waals surface area contributed by atoms with Gasteiger partial charge in [0.05, 0.1) is 13.2 Å². The maximum atomic E-state index is 12.5. The number of hydrogen-bond donors (Lipinski definition) is 2. The van der Waals surface area contributed by atoms with Crippen molar-refractivity contribution in [3.8, 4) is 5.75 Å². The van der Waals surface area contributed by atoms with E-state index in [0.717, 1.165) is 24.2 Å². The zero-order chi connectivity index (χ0) is 18.9. The molecule has 1 saturated carbocycles. The zero-order valence-electron chi connectivity index (χ0n) is 15.9. The van der Waals surface area contributed by atoms with Crippen molar-refractivity contribution >= 4 is 12.0 Å². The Morgan fingerprint density at radius 3 is 2.54 bits per heavy atom. The van der Waals surface area contributed by atoms with Gasteiger partial charge in [-0.25, -0.2) is 4.79 Å². The molecule has 144 valence electrons. The lowest BCUT2D eigenvalue weighted by Crippen LogP contribution is -2.47. The lowest BCUT2D eigenvalue weighted by atomic mass is 10.0. The fraction of sp³-hybridized carbons (Fsp3) is 0.600. The Bertz CT molecular complexity index is 597. The predicted molar refractivity (Wildman–Crippen MR) is 100.0 cm³/mol. The van der Waals surface area contributed by atoms with E-state index in [4.69, 9.17) is 4.74 Å². The van der Waals surface area contributed by atoms with Crippen molar-refractivity contribution in [2.75, 3.05) is 7.11 Å². The molecule has 0 saturated heterocycles. The van der Waals surface area contributed by atoms with Gasteiger partial charge in [0.25, 0.3) is 0 Å². The maximum Gasteiger partial charge on any atom is 0.407 e. The smallest absolute Gasteiger partial charge is 0.407 e. The fourth-order valence-electron chi connectivity index (χ4n) is 3.16. The molecule has 6 nitrogen and oxygen atoms in total. The molecule has 0 bridgehead atoms. The number of para-hydroxylation sites is 1. The molecule has 1 aliphatic rings. The number of carbonyl (C=O) groups excluding carboxylic acids is 2. The minimum atomic E-state index is -0.620. The number of methoxy groups -OCH3 is 1. The highest BCUT2D eigenvalue weighted by Gasteiger charge is 2.23. The van der Waals surface area contributed by atoms with Gasteiger partial charge >= 0.3 is 6.09 Å². The Balaban J connectivity index is 1.96. The summed E-state index contributed by atoms with van der Waals surface area (Å²) in [5.41, 5.74) is 0.939. The summed E-state index contributed by atoms with van der Waals surface area (Å²) in [7, 11) is 1.29. The summed E-state index contributed by atoms with van der Waals surface area (Å²) < 4.78 is 10.7. The Kier molecular flexibility index (Phi) is 7.75. The number of alkyl carbamates (subject to hydrolysis) is 1. The Morgan fingerprint density at radius 1 is 1.19 bits per heavy atom.